The second-order valence-corrected chi connectivity index (χ2v) is 6.22. The van der Waals surface area contributed by atoms with Gasteiger partial charge in [-0.3, -0.25) is 0 Å². The van der Waals surface area contributed by atoms with E-state index in [-0.39, 0.29) is 18.7 Å². The lowest BCUT2D eigenvalue weighted by atomic mass is 10.2. The Morgan fingerprint density at radius 2 is 2.09 bits per heavy atom. The fourth-order valence-electron chi connectivity index (χ4n) is 2.67. The van der Waals surface area contributed by atoms with Crippen LogP contribution >= 0.6 is 0 Å². The molecule has 0 saturated carbocycles. The molecule has 128 valence electrons. The van der Waals surface area contributed by atoms with E-state index in [4.69, 9.17) is 5.11 Å². The minimum absolute atomic E-state index is 0.0434. The summed E-state index contributed by atoms with van der Waals surface area (Å²) in [6, 6.07) is 3.61. The average Bonchev–Trinajstić information content (AvgIpc) is 2.88. The molecule has 0 aliphatic carbocycles. The van der Waals surface area contributed by atoms with E-state index < -0.39 is 0 Å². The number of pyridine rings is 1. The van der Waals surface area contributed by atoms with E-state index in [0.29, 0.717) is 6.54 Å². The summed E-state index contributed by atoms with van der Waals surface area (Å²) in [4.78, 5) is 20.3. The predicted octanol–water partition coefficient (Wildman–Crippen LogP) is 1.98. The van der Waals surface area contributed by atoms with Crippen LogP contribution < -0.4 is 10.2 Å². The highest BCUT2D eigenvalue weighted by Crippen LogP contribution is 2.18. The summed E-state index contributed by atoms with van der Waals surface area (Å²) in [6.07, 6.45) is 6.82. The molecule has 0 aromatic carbocycles. The van der Waals surface area contributed by atoms with E-state index in [1.165, 1.54) is 30.6 Å². The van der Waals surface area contributed by atoms with Crippen molar-refractivity contribution in [3.8, 4) is 0 Å². The summed E-state index contributed by atoms with van der Waals surface area (Å²) in [5.41, 5.74) is 1.04. The number of urea groups is 1. The number of hydrogen-bond donors (Lipinski definition) is 2. The Labute approximate surface area is 138 Å². The first-order chi connectivity index (χ1) is 11.1. The zero-order valence-corrected chi connectivity index (χ0v) is 14.2. The molecule has 1 saturated heterocycles. The Morgan fingerprint density at radius 1 is 1.39 bits per heavy atom. The van der Waals surface area contributed by atoms with Gasteiger partial charge in [-0.1, -0.05) is 12.8 Å². The van der Waals surface area contributed by atoms with Crippen molar-refractivity contribution < 1.29 is 9.90 Å². The van der Waals surface area contributed by atoms with Gasteiger partial charge in [0.1, 0.15) is 5.82 Å². The van der Waals surface area contributed by atoms with E-state index >= 15 is 0 Å². The molecule has 0 spiro atoms. The van der Waals surface area contributed by atoms with Gasteiger partial charge in [-0.15, -0.1) is 0 Å². The van der Waals surface area contributed by atoms with E-state index in [0.717, 1.165) is 24.5 Å². The lowest BCUT2D eigenvalue weighted by Gasteiger charge is -2.24. The average molecular weight is 320 g/mol. The van der Waals surface area contributed by atoms with Gasteiger partial charge in [-0.2, -0.15) is 0 Å². The molecule has 2 amide bonds. The van der Waals surface area contributed by atoms with Gasteiger partial charge in [0.25, 0.3) is 0 Å². The van der Waals surface area contributed by atoms with Crippen molar-refractivity contribution in [3.63, 3.8) is 0 Å². The molecule has 1 fully saturated rings. The number of aliphatic hydroxyl groups excluding tert-OH is 1. The van der Waals surface area contributed by atoms with Crippen molar-refractivity contribution in [3.05, 3.63) is 23.9 Å². The fourth-order valence-corrected chi connectivity index (χ4v) is 2.67. The maximum absolute atomic E-state index is 12.0. The number of nitrogens with one attached hydrogen (secondary N) is 1. The minimum atomic E-state index is -0.194. The van der Waals surface area contributed by atoms with Crippen LogP contribution in [0.5, 0.6) is 0 Å². The third-order valence-corrected chi connectivity index (χ3v) is 4.43. The number of aromatic nitrogens is 1. The zero-order chi connectivity index (χ0) is 16.7. The smallest absolute Gasteiger partial charge is 0.317 e. The predicted molar refractivity (Wildman–Crippen MR) is 91.5 cm³/mol. The Balaban J connectivity index is 1.93. The number of amides is 2. The molecule has 1 aliphatic rings. The molecule has 1 aliphatic heterocycles. The molecule has 2 N–H and O–H groups in total. The lowest BCUT2D eigenvalue weighted by Crippen LogP contribution is -2.43. The largest absolute Gasteiger partial charge is 0.394 e. The molecule has 1 aromatic heterocycles. The van der Waals surface area contributed by atoms with E-state index in [9.17, 15) is 4.79 Å². The summed E-state index contributed by atoms with van der Waals surface area (Å²) >= 11 is 0. The summed E-state index contributed by atoms with van der Waals surface area (Å²) < 4.78 is 0. The maximum atomic E-state index is 12.0. The first kappa shape index (κ1) is 17.5. The standard InChI is InChI=1S/C17H28N4O2/c1-14(13-22)20(2)17(23)19-12-15-7-8-18-16(11-15)21-9-5-3-4-6-10-21/h7-8,11,14,22H,3-6,9-10,12-13H2,1-2H3,(H,19,23). The van der Waals surface area contributed by atoms with Gasteiger partial charge < -0.3 is 20.2 Å². The molecular formula is C17H28N4O2. The van der Waals surface area contributed by atoms with Crippen LogP contribution in [0.15, 0.2) is 18.3 Å². The molecular weight excluding hydrogens is 292 g/mol. The fraction of sp³-hybridized carbons (Fsp3) is 0.647. The molecule has 1 unspecified atom stereocenters. The maximum Gasteiger partial charge on any atom is 0.317 e. The van der Waals surface area contributed by atoms with E-state index in [2.05, 4.69) is 21.3 Å². The number of aliphatic hydroxyl groups is 1. The van der Waals surface area contributed by atoms with Gasteiger partial charge in [0.15, 0.2) is 0 Å². The summed E-state index contributed by atoms with van der Waals surface area (Å²) in [7, 11) is 1.69. The first-order valence-electron chi connectivity index (χ1n) is 8.43. The number of carbonyl (C=O) groups excluding carboxylic acids is 1. The van der Waals surface area contributed by atoms with Crippen molar-refractivity contribution in [2.24, 2.45) is 0 Å². The van der Waals surface area contributed by atoms with Gasteiger partial charge in [-0.05, 0) is 37.5 Å². The molecule has 23 heavy (non-hydrogen) atoms. The van der Waals surface area contributed by atoms with Crippen molar-refractivity contribution in [1.82, 2.24) is 15.2 Å². The van der Waals surface area contributed by atoms with Crippen molar-refractivity contribution >= 4 is 11.8 Å². The van der Waals surface area contributed by atoms with Crippen LogP contribution in [-0.2, 0) is 6.54 Å². The van der Waals surface area contributed by atoms with E-state index in [1.807, 2.05) is 19.2 Å². The van der Waals surface area contributed by atoms with Crippen molar-refractivity contribution in [1.29, 1.82) is 0 Å². The Hall–Kier alpha value is -1.82. The Morgan fingerprint density at radius 3 is 2.74 bits per heavy atom. The number of carbonyl (C=O) groups is 1. The second-order valence-electron chi connectivity index (χ2n) is 6.22. The number of nitrogens with zero attached hydrogens (tertiary/aromatic N) is 3. The third-order valence-electron chi connectivity index (χ3n) is 4.43. The quantitative estimate of drug-likeness (QED) is 0.870. The monoisotopic (exact) mass is 320 g/mol. The summed E-state index contributed by atoms with van der Waals surface area (Å²) in [6.45, 7) is 4.34. The van der Waals surface area contributed by atoms with Crippen LogP contribution in [0.25, 0.3) is 0 Å². The van der Waals surface area contributed by atoms with Crippen molar-refractivity contribution in [2.45, 2.75) is 45.2 Å². The molecule has 6 heteroatoms. The number of hydrogen-bond acceptors (Lipinski definition) is 4. The van der Waals surface area contributed by atoms with Gasteiger partial charge in [0.2, 0.25) is 0 Å². The minimum Gasteiger partial charge on any atom is -0.394 e. The van der Waals surface area contributed by atoms with Crippen LogP contribution in [-0.4, -0.2) is 53.8 Å². The van der Waals surface area contributed by atoms with Crippen LogP contribution in [0.1, 0.15) is 38.2 Å². The number of likely N-dealkylation sites (N-methyl/N-ethyl adjacent to an activating group) is 1. The highest BCUT2D eigenvalue weighted by atomic mass is 16.3. The summed E-state index contributed by atoms with van der Waals surface area (Å²) in [5.74, 6) is 0.996. The highest BCUT2D eigenvalue weighted by Gasteiger charge is 2.15. The normalized spacial score (nSPS) is 16.6. The first-order valence-corrected chi connectivity index (χ1v) is 8.43. The summed E-state index contributed by atoms with van der Waals surface area (Å²) in [5, 5.41) is 12.0. The topological polar surface area (TPSA) is 68.7 Å². The van der Waals surface area contributed by atoms with Gasteiger partial charge in [-0.25, -0.2) is 9.78 Å². The Bertz CT molecular complexity index is 501. The molecule has 0 bridgehead atoms. The molecule has 6 nitrogen and oxygen atoms in total. The number of anilines is 1. The van der Waals surface area contributed by atoms with Crippen LogP contribution in [0.3, 0.4) is 0 Å². The third kappa shape index (κ3) is 5.10. The molecule has 1 aromatic rings. The zero-order valence-electron chi connectivity index (χ0n) is 14.2. The van der Waals surface area contributed by atoms with Crippen LogP contribution in [0, 0.1) is 0 Å². The van der Waals surface area contributed by atoms with Crippen LogP contribution in [0.2, 0.25) is 0 Å². The lowest BCUT2D eigenvalue weighted by molar-refractivity contribution is 0.157. The molecule has 2 rings (SSSR count). The van der Waals surface area contributed by atoms with Gasteiger partial charge >= 0.3 is 6.03 Å². The van der Waals surface area contributed by atoms with Crippen molar-refractivity contribution in [2.75, 3.05) is 31.6 Å². The molecule has 1 atom stereocenters. The van der Waals surface area contributed by atoms with E-state index in [1.54, 1.807) is 7.05 Å². The van der Waals surface area contributed by atoms with Gasteiger partial charge in [0, 0.05) is 32.9 Å². The Kier molecular flexibility index (Phi) is 6.65. The molecule has 0 radical (unpaired) electrons. The van der Waals surface area contributed by atoms with Gasteiger partial charge in [0.05, 0.1) is 12.6 Å². The van der Waals surface area contributed by atoms with Crippen LogP contribution in [0.4, 0.5) is 10.6 Å². The molecule has 2 heterocycles. The SMILES string of the molecule is CC(CO)N(C)C(=O)NCc1ccnc(N2CCCCCC2)c1. The second kappa shape index (κ2) is 8.72. The highest BCUT2D eigenvalue weighted by molar-refractivity contribution is 5.74. The number of rotatable bonds is 5.